The molecule has 2 nitrogen and oxygen atoms in total. The fourth-order valence-corrected chi connectivity index (χ4v) is 3.20. The minimum Gasteiger partial charge on any atom is -0.289 e. The van der Waals surface area contributed by atoms with Gasteiger partial charge < -0.3 is 0 Å². The summed E-state index contributed by atoms with van der Waals surface area (Å²) in [4.78, 5) is 25.5. The molecule has 0 bridgehead atoms. The van der Waals surface area contributed by atoms with E-state index in [0.717, 1.165) is 6.42 Å². The van der Waals surface area contributed by atoms with Crippen molar-refractivity contribution in [3.8, 4) is 0 Å². The van der Waals surface area contributed by atoms with Gasteiger partial charge in [0.25, 0.3) is 0 Å². The first-order valence-corrected chi connectivity index (χ1v) is 9.27. The van der Waals surface area contributed by atoms with Crippen molar-refractivity contribution in [2.24, 2.45) is 5.41 Å². The number of unbranched alkanes of at least 4 members (excludes halogenated alkanes) is 3. The maximum Gasteiger partial charge on any atom is 0.186 e. The molecule has 0 unspecified atom stereocenters. The molecule has 0 atom stereocenters. The van der Waals surface area contributed by atoms with Crippen molar-refractivity contribution < 1.29 is 9.59 Å². The van der Waals surface area contributed by atoms with E-state index in [0.29, 0.717) is 28.7 Å². The van der Waals surface area contributed by atoms with E-state index in [-0.39, 0.29) is 17.0 Å². The number of ketones is 2. The lowest BCUT2D eigenvalue weighted by Gasteiger charge is -2.29. The van der Waals surface area contributed by atoms with Gasteiger partial charge in [0.05, 0.1) is 0 Å². The number of rotatable bonds is 7. The van der Waals surface area contributed by atoms with Gasteiger partial charge in [-0.3, -0.25) is 9.59 Å². The lowest BCUT2D eigenvalue weighted by molar-refractivity contribution is -0.117. The van der Waals surface area contributed by atoms with Crippen LogP contribution in [0.1, 0.15) is 87.0 Å². The summed E-state index contributed by atoms with van der Waals surface area (Å²) in [6.45, 7) is 13.9. The molecule has 0 N–H and O–H groups in total. The molecule has 0 aromatic carbocycles. The second-order valence-electron chi connectivity index (χ2n) is 8.08. The molecule has 0 radical (unpaired) electrons. The fourth-order valence-electron chi connectivity index (χ4n) is 3.20. The van der Waals surface area contributed by atoms with Gasteiger partial charge in [-0.1, -0.05) is 58.6 Å². The number of hydrogen-bond acceptors (Lipinski definition) is 2. The zero-order valence-corrected chi connectivity index (χ0v) is 16.6. The zero-order valence-electron chi connectivity index (χ0n) is 16.6. The monoisotopic (exact) mass is 330 g/mol. The van der Waals surface area contributed by atoms with Gasteiger partial charge in [0.15, 0.2) is 11.6 Å². The summed E-state index contributed by atoms with van der Waals surface area (Å²) in [5, 5.41) is 0. The highest BCUT2D eigenvalue weighted by molar-refractivity contribution is 6.25. The Kier molecular flexibility index (Phi) is 7.38. The topological polar surface area (TPSA) is 34.1 Å². The standard InChI is InChI=1S/C22H34O2/c1-8-9-10-11-12-15(2)13-14-18-19(22(5,6)7)21(24)17(4)16(3)20(18)23/h13H,8-12,14H2,1-7H3/b15-13+. The molecule has 0 fully saturated rings. The van der Waals surface area contributed by atoms with E-state index in [1.165, 1.54) is 31.3 Å². The maximum absolute atomic E-state index is 12.8. The Morgan fingerprint density at radius 2 is 1.54 bits per heavy atom. The van der Waals surface area contributed by atoms with E-state index in [4.69, 9.17) is 0 Å². The molecule has 0 aromatic rings. The maximum atomic E-state index is 12.8. The van der Waals surface area contributed by atoms with Crippen molar-refractivity contribution in [3.63, 3.8) is 0 Å². The average molecular weight is 331 g/mol. The third-order valence-electron chi connectivity index (χ3n) is 4.88. The third-order valence-corrected chi connectivity index (χ3v) is 4.88. The Hall–Kier alpha value is -1.44. The largest absolute Gasteiger partial charge is 0.289 e. The second kappa shape index (κ2) is 8.60. The van der Waals surface area contributed by atoms with Crippen molar-refractivity contribution in [2.75, 3.05) is 0 Å². The quantitative estimate of drug-likeness (QED) is 0.320. The predicted molar refractivity (Wildman–Crippen MR) is 102 cm³/mol. The van der Waals surface area contributed by atoms with Crippen molar-refractivity contribution in [2.45, 2.75) is 87.0 Å². The molecule has 1 rings (SSSR count). The number of Topliss-reactive ketones (excluding diaryl/α,β-unsaturated/α-hetero) is 2. The lowest BCUT2D eigenvalue weighted by atomic mass is 9.73. The Morgan fingerprint density at radius 3 is 2.08 bits per heavy atom. The van der Waals surface area contributed by atoms with Crippen LogP contribution in [0.3, 0.4) is 0 Å². The summed E-state index contributed by atoms with van der Waals surface area (Å²) in [6, 6.07) is 0. The summed E-state index contributed by atoms with van der Waals surface area (Å²) in [7, 11) is 0. The zero-order chi connectivity index (χ0) is 18.5. The van der Waals surface area contributed by atoms with Crippen LogP contribution in [-0.2, 0) is 9.59 Å². The van der Waals surface area contributed by atoms with E-state index in [2.05, 4.69) is 19.9 Å². The van der Waals surface area contributed by atoms with Gasteiger partial charge in [0.1, 0.15) is 0 Å². The van der Waals surface area contributed by atoms with E-state index in [1.54, 1.807) is 13.8 Å². The van der Waals surface area contributed by atoms with Crippen molar-refractivity contribution in [1.29, 1.82) is 0 Å². The van der Waals surface area contributed by atoms with E-state index in [9.17, 15) is 9.59 Å². The molecular formula is C22H34O2. The smallest absolute Gasteiger partial charge is 0.186 e. The Balaban J connectivity index is 3.02. The van der Waals surface area contributed by atoms with Crippen LogP contribution >= 0.6 is 0 Å². The first-order chi connectivity index (χ1) is 11.1. The number of allylic oxidation sites excluding steroid dienone is 6. The van der Waals surface area contributed by atoms with E-state index >= 15 is 0 Å². The minimum atomic E-state index is -0.313. The summed E-state index contributed by atoms with van der Waals surface area (Å²) in [5.41, 5.74) is 3.61. The second-order valence-corrected chi connectivity index (χ2v) is 8.08. The Morgan fingerprint density at radius 1 is 0.958 bits per heavy atom. The SMILES string of the molecule is CCCCCC/C(C)=C/CC1=C(C(C)(C)C)C(=O)C(C)=C(C)C1=O. The van der Waals surface area contributed by atoms with Gasteiger partial charge in [-0.25, -0.2) is 0 Å². The van der Waals surface area contributed by atoms with Gasteiger partial charge in [0.2, 0.25) is 0 Å². The van der Waals surface area contributed by atoms with Crippen molar-refractivity contribution in [3.05, 3.63) is 33.9 Å². The molecule has 0 aromatic heterocycles. The summed E-state index contributed by atoms with van der Waals surface area (Å²) < 4.78 is 0. The fraction of sp³-hybridized carbons (Fsp3) is 0.636. The molecule has 0 saturated carbocycles. The Bertz CT molecular complexity index is 592. The summed E-state index contributed by atoms with van der Waals surface area (Å²) in [5.74, 6) is 0.0932. The third kappa shape index (κ3) is 5.03. The van der Waals surface area contributed by atoms with Crippen molar-refractivity contribution >= 4 is 11.6 Å². The van der Waals surface area contributed by atoms with Crippen LogP contribution < -0.4 is 0 Å². The molecule has 0 spiro atoms. The molecule has 1 aliphatic rings. The average Bonchev–Trinajstić information content (AvgIpc) is 2.50. The first kappa shape index (κ1) is 20.6. The highest BCUT2D eigenvalue weighted by atomic mass is 16.1. The predicted octanol–water partition coefficient (Wildman–Crippen LogP) is 6.12. The van der Waals surface area contributed by atoms with Gasteiger partial charge in [-0.2, -0.15) is 0 Å². The van der Waals surface area contributed by atoms with Gasteiger partial charge in [0, 0.05) is 22.3 Å². The lowest BCUT2D eigenvalue weighted by Crippen LogP contribution is -2.29. The van der Waals surface area contributed by atoms with E-state index in [1.807, 2.05) is 20.8 Å². The highest BCUT2D eigenvalue weighted by Gasteiger charge is 2.35. The van der Waals surface area contributed by atoms with Crippen LogP contribution in [0.15, 0.2) is 33.9 Å². The van der Waals surface area contributed by atoms with Gasteiger partial charge >= 0.3 is 0 Å². The van der Waals surface area contributed by atoms with Crippen LogP contribution in [0, 0.1) is 5.41 Å². The molecule has 0 amide bonds. The number of hydrogen-bond donors (Lipinski definition) is 0. The van der Waals surface area contributed by atoms with Crippen LogP contribution in [0.5, 0.6) is 0 Å². The molecule has 134 valence electrons. The van der Waals surface area contributed by atoms with Crippen molar-refractivity contribution in [1.82, 2.24) is 0 Å². The molecule has 0 heterocycles. The number of carbonyl (C=O) groups excluding carboxylic acids is 2. The summed E-state index contributed by atoms with van der Waals surface area (Å²) >= 11 is 0. The molecular weight excluding hydrogens is 296 g/mol. The molecule has 0 saturated heterocycles. The van der Waals surface area contributed by atoms with Crippen LogP contribution in [0.2, 0.25) is 0 Å². The number of carbonyl (C=O) groups is 2. The van der Waals surface area contributed by atoms with Gasteiger partial charge in [-0.15, -0.1) is 0 Å². The normalized spacial score (nSPS) is 17.2. The molecule has 0 aliphatic heterocycles. The Labute approximate surface area is 148 Å². The van der Waals surface area contributed by atoms with Crippen LogP contribution in [-0.4, -0.2) is 11.6 Å². The molecule has 24 heavy (non-hydrogen) atoms. The first-order valence-electron chi connectivity index (χ1n) is 9.27. The van der Waals surface area contributed by atoms with Gasteiger partial charge in [-0.05, 0) is 45.4 Å². The van der Waals surface area contributed by atoms with E-state index < -0.39 is 0 Å². The summed E-state index contributed by atoms with van der Waals surface area (Å²) in [6.07, 6.45) is 8.78. The highest BCUT2D eigenvalue weighted by Crippen LogP contribution is 2.37. The minimum absolute atomic E-state index is 0.0450. The molecule has 1 aliphatic carbocycles. The van der Waals surface area contributed by atoms with Crippen LogP contribution in [0.25, 0.3) is 0 Å². The van der Waals surface area contributed by atoms with Crippen LogP contribution in [0.4, 0.5) is 0 Å². The molecule has 2 heteroatoms.